The van der Waals surface area contributed by atoms with Crippen LogP contribution in [0, 0.1) is 27.7 Å². The number of nitro benzene ring substituents is 1. The average Bonchev–Trinajstić information content (AvgIpc) is 2.48. The highest BCUT2D eigenvalue weighted by molar-refractivity contribution is 5.98. The molecule has 1 aliphatic heterocycles. The monoisotopic (exact) mass is 300 g/mol. The molecule has 21 heavy (non-hydrogen) atoms. The summed E-state index contributed by atoms with van der Waals surface area (Å²) < 4.78 is 31.5. The van der Waals surface area contributed by atoms with E-state index >= 15 is 0 Å². The second-order valence-corrected chi connectivity index (χ2v) is 4.83. The van der Waals surface area contributed by atoms with E-state index in [1.54, 1.807) is 0 Å². The summed E-state index contributed by atoms with van der Waals surface area (Å²) in [6.07, 6.45) is 1.76. The minimum absolute atomic E-state index is 0.118. The minimum atomic E-state index is -1.36. The van der Waals surface area contributed by atoms with Gasteiger partial charge in [-0.25, -0.2) is 8.78 Å². The summed E-state index contributed by atoms with van der Waals surface area (Å²) in [5.74, 6) is -3.34. The summed E-state index contributed by atoms with van der Waals surface area (Å²) >= 11 is 0. The molecule has 1 aromatic carbocycles. The maximum Gasteiger partial charge on any atom is 0.285 e. The van der Waals surface area contributed by atoms with Crippen LogP contribution in [0.3, 0.4) is 0 Å². The zero-order chi connectivity index (χ0) is 15.4. The fraction of sp³-hybridized carbons (Fsp3) is 0.462. The molecule has 1 amide bonds. The number of carbonyl (C=O) groups is 1. The first kappa shape index (κ1) is 15.3. The van der Waals surface area contributed by atoms with Gasteiger partial charge in [-0.1, -0.05) is 0 Å². The van der Waals surface area contributed by atoms with Crippen molar-refractivity contribution >= 4 is 11.6 Å². The summed E-state index contributed by atoms with van der Waals surface area (Å²) in [5, 5.41) is 13.3. The molecule has 1 unspecified atom stereocenters. The Hall–Kier alpha value is -2.09. The van der Waals surface area contributed by atoms with E-state index < -0.39 is 33.7 Å². The predicted octanol–water partition coefficient (Wildman–Crippen LogP) is 2.03. The highest BCUT2D eigenvalue weighted by Crippen LogP contribution is 2.22. The predicted molar refractivity (Wildman–Crippen MR) is 68.9 cm³/mol. The topological polar surface area (TPSA) is 81.5 Å². The molecule has 1 saturated heterocycles. The van der Waals surface area contributed by atoms with Crippen LogP contribution in [0.1, 0.15) is 23.2 Å². The fourth-order valence-electron chi connectivity index (χ4n) is 2.17. The summed E-state index contributed by atoms with van der Waals surface area (Å²) in [6.45, 7) is 1.45. The number of benzene rings is 1. The van der Waals surface area contributed by atoms with Crippen molar-refractivity contribution in [3.8, 4) is 0 Å². The first-order chi connectivity index (χ1) is 9.99. The average molecular weight is 300 g/mol. The van der Waals surface area contributed by atoms with E-state index in [9.17, 15) is 23.7 Å². The lowest BCUT2D eigenvalue weighted by atomic mass is 10.0. The van der Waals surface area contributed by atoms with Gasteiger partial charge in [0, 0.05) is 13.2 Å². The number of nitro groups is 1. The molecule has 0 bridgehead atoms. The second kappa shape index (κ2) is 6.57. The molecule has 114 valence electrons. The van der Waals surface area contributed by atoms with Crippen LogP contribution in [0.4, 0.5) is 14.5 Å². The highest BCUT2D eigenvalue weighted by atomic mass is 19.2. The maximum absolute atomic E-state index is 13.2. The van der Waals surface area contributed by atoms with Crippen LogP contribution < -0.4 is 5.32 Å². The Kier molecular flexibility index (Phi) is 4.79. The van der Waals surface area contributed by atoms with Crippen molar-refractivity contribution < 1.29 is 23.2 Å². The van der Waals surface area contributed by atoms with Gasteiger partial charge in [-0.05, 0) is 24.8 Å². The summed E-state index contributed by atoms with van der Waals surface area (Å²) in [6, 6.07) is 0.953. The van der Waals surface area contributed by atoms with E-state index in [4.69, 9.17) is 4.74 Å². The van der Waals surface area contributed by atoms with Crippen LogP contribution in [0.2, 0.25) is 0 Å². The number of carbonyl (C=O) groups excluding carboxylic acids is 1. The van der Waals surface area contributed by atoms with Gasteiger partial charge in [0.1, 0.15) is 5.56 Å². The maximum atomic E-state index is 13.2. The highest BCUT2D eigenvalue weighted by Gasteiger charge is 2.24. The lowest BCUT2D eigenvalue weighted by molar-refractivity contribution is -0.385. The molecule has 6 nitrogen and oxygen atoms in total. The van der Waals surface area contributed by atoms with E-state index in [1.807, 2.05) is 0 Å². The van der Waals surface area contributed by atoms with Crippen LogP contribution >= 0.6 is 0 Å². The summed E-state index contributed by atoms with van der Waals surface area (Å²) in [4.78, 5) is 21.8. The Bertz CT molecular complexity index is 559. The lowest BCUT2D eigenvalue weighted by Crippen LogP contribution is -2.33. The van der Waals surface area contributed by atoms with E-state index in [0.717, 1.165) is 12.8 Å². The van der Waals surface area contributed by atoms with Crippen molar-refractivity contribution in [3.63, 3.8) is 0 Å². The van der Waals surface area contributed by atoms with E-state index in [2.05, 4.69) is 5.32 Å². The third-order valence-electron chi connectivity index (χ3n) is 3.29. The Morgan fingerprint density at radius 3 is 2.76 bits per heavy atom. The Morgan fingerprint density at radius 2 is 2.14 bits per heavy atom. The van der Waals surface area contributed by atoms with Gasteiger partial charge in [0.2, 0.25) is 0 Å². The number of amides is 1. The van der Waals surface area contributed by atoms with Gasteiger partial charge in [0.25, 0.3) is 11.6 Å². The molecule has 0 saturated carbocycles. The van der Waals surface area contributed by atoms with Crippen molar-refractivity contribution in [2.45, 2.75) is 12.8 Å². The first-order valence-electron chi connectivity index (χ1n) is 6.48. The van der Waals surface area contributed by atoms with Crippen LogP contribution in [0.25, 0.3) is 0 Å². The van der Waals surface area contributed by atoms with Crippen molar-refractivity contribution in [1.29, 1.82) is 0 Å². The molecule has 1 fully saturated rings. The molecule has 1 N–H and O–H groups in total. The molecule has 1 aromatic rings. The van der Waals surface area contributed by atoms with Crippen molar-refractivity contribution in [2.75, 3.05) is 19.8 Å². The molecular weight excluding hydrogens is 286 g/mol. The number of nitrogens with zero attached hydrogens (tertiary/aromatic N) is 1. The number of hydrogen-bond donors (Lipinski definition) is 1. The Balaban J connectivity index is 2.10. The molecule has 0 spiro atoms. The largest absolute Gasteiger partial charge is 0.381 e. The SMILES string of the molecule is O=C(NCC1CCCOC1)c1cc(F)c(F)cc1[N+](=O)[O-]. The third kappa shape index (κ3) is 3.72. The van der Waals surface area contributed by atoms with Gasteiger partial charge in [0.15, 0.2) is 11.6 Å². The van der Waals surface area contributed by atoms with Gasteiger partial charge in [-0.15, -0.1) is 0 Å². The van der Waals surface area contributed by atoms with Gasteiger partial charge in [-0.3, -0.25) is 14.9 Å². The number of ether oxygens (including phenoxy) is 1. The van der Waals surface area contributed by atoms with E-state index in [1.165, 1.54) is 0 Å². The summed E-state index contributed by atoms with van der Waals surface area (Å²) in [5.41, 5.74) is -1.25. The molecule has 1 heterocycles. The second-order valence-electron chi connectivity index (χ2n) is 4.83. The quantitative estimate of drug-likeness (QED) is 0.681. The van der Waals surface area contributed by atoms with Crippen molar-refractivity contribution in [2.24, 2.45) is 5.92 Å². The van der Waals surface area contributed by atoms with Gasteiger partial charge >= 0.3 is 0 Å². The van der Waals surface area contributed by atoms with Crippen LogP contribution in [0.5, 0.6) is 0 Å². The molecular formula is C13H14F2N2O4. The van der Waals surface area contributed by atoms with Gasteiger partial charge in [-0.2, -0.15) is 0 Å². The lowest BCUT2D eigenvalue weighted by Gasteiger charge is -2.22. The van der Waals surface area contributed by atoms with E-state index in [-0.39, 0.29) is 12.5 Å². The molecule has 0 aromatic heterocycles. The Labute approximate surface area is 119 Å². The normalized spacial score (nSPS) is 18.3. The van der Waals surface area contributed by atoms with Gasteiger partial charge < -0.3 is 10.1 Å². The van der Waals surface area contributed by atoms with Crippen LogP contribution in [-0.2, 0) is 4.74 Å². The van der Waals surface area contributed by atoms with Crippen LogP contribution in [0.15, 0.2) is 12.1 Å². The third-order valence-corrected chi connectivity index (χ3v) is 3.29. The zero-order valence-electron chi connectivity index (χ0n) is 11.1. The van der Waals surface area contributed by atoms with Crippen molar-refractivity contribution in [1.82, 2.24) is 5.32 Å². The number of halogens is 2. The smallest absolute Gasteiger partial charge is 0.285 e. The number of rotatable bonds is 4. The minimum Gasteiger partial charge on any atom is -0.381 e. The fourth-order valence-corrected chi connectivity index (χ4v) is 2.17. The molecule has 2 rings (SSSR count). The summed E-state index contributed by atoms with van der Waals surface area (Å²) in [7, 11) is 0. The Morgan fingerprint density at radius 1 is 1.43 bits per heavy atom. The standard InChI is InChI=1S/C13H14F2N2O4/c14-10-4-9(12(17(19)20)5-11(10)15)13(18)16-6-8-2-1-3-21-7-8/h4-5,8H,1-3,6-7H2,(H,16,18). The number of nitrogens with one attached hydrogen (secondary N) is 1. The van der Waals surface area contributed by atoms with E-state index in [0.29, 0.717) is 25.3 Å². The van der Waals surface area contributed by atoms with Gasteiger partial charge in [0.05, 0.1) is 17.6 Å². The molecule has 1 aliphatic rings. The van der Waals surface area contributed by atoms with Crippen LogP contribution in [-0.4, -0.2) is 30.6 Å². The molecule has 0 radical (unpaired) electrons. The van der Waals surface area contributed by atoms with Crippen molar-refractivity contribution in [3.05, 3.63) is 39.4 Å². The molecule has 0 aliphatic carbocycles. The number of hydrogen-bond acceptors (Lipinski definition) is 4. The molecule has 1 atom stereocenters. The first-order valence-corrected chi connectivity index (χ1v) is 6.48. The zero-order valence-corrected chi connectivity index (χ0v) is 11.1. The molecule has 8 heteroatoms.